The molecular formula is C22H26NO4+. The smallest absolute Gasteiger partial charge is 0.170 e. The van der Waals surface area contributed by atoms with Crippen molar-refractivity contribution in [2.75, 3.05) is 20.8 Å². The Hall–Kier alpha value is -2.69. The maximum absolute atomic E-state index is 12.8. The first-order valence-electron chi connectivity index (χ1n) is 9.28. The molecule has 0 fully saturated rings. The lowest BCUT2D eigenvalue weighted by atomic mass is 9.99. The van der Waals surface area contributed by atoms with Gasteiger partial charge < -0.3 is 14.3 Å². The van der Waals surface area contributed by atoms with Crippen LogP contribution < -0.4 is 9.47 Å². The van der Waals surface area contributed by atoms with Gasteiger partial charge in [-0.05, 0) is 36.6 Å². The Kier molecular flexibility index (Phi) is 5.89. The molecule has 0 saturated carbocycles. The second kappa shape index (κ2) is 8.33. The number of hydrogen-bond donors (Lipinski definition) is 0. The van der Waals surface area contributed by atoms with Gasteiger partial charge in [0.05, 0.1) is 20.6 Å². The fraction of sp³-hybridized carbons (Fsp3) is 0.409. The normalized spacial score (nSPS) is 19.8. The molecule has 0 bridgehead atoms. The third kappa shape index (κ3) is 4.35. The van der Waals surface area contributed by atoms with E-state index in [0.29, 0.717) is 24.3 Å². The van der Waals surface area contributed by atoms with Gasteiger partial charge in [-0.25, -0.2) is 4.58 Å². The zero-order valence-electron chi connectivity index (χ0n) is 16.2. The predicted octanol–water partition coefficient (Wildman–Crippen LogP) is 3.36. The molecule has 1 heterocycles. The second-order valence-corrected chi connectivity index (χ2v) is 7.03. The van der Waals surface area contributed by atoms with Gasteiger partial charge >= 0.3 is 0 Å². The largest absolute Gasteiger partial charge is 0.493 e. The molecule has 1 aliphatic heterocycles. The molecule has 5 nitrogen and oxygen atoms in total. The van der Waals surface area contributed by atoms with Gasteiger partial charge in [0, 0.05) is 30.4 Å². The molecule has 5 heteroatoms. The molecule has 1 unspecified atom stereocenters. The summed E-state index contributed by atoms with van der Waals surface area (Å²) < 4.78 is 12.8. The molecule has 1 aromatic rings. The molecule has 1 atom stereocenters. The number of benzene rings is 1. The van der Waals surface area contributed by atoms with Crippen LogP contribution in [-0.2, 0) is 11.2 Å². The molecule has 142 valence electrons. The van der Waals surface area contributed by atoms with Gasteiger partial charge in [0.1, 0.15) is 18.5 Å². The van der Waals surface area contributed by atoms with Gasteiger partial charge in [-0.15, -0.1) is 0 Å². The van der Waals surface area contributed by atoms with E-state index in [9.17, 15) is 9.59 Å². The van der Waals surface area contributed by atoms with Crippen LogP contribution in [0.2, 0.25) is 0 Å². The standard InChI is InChI=1S/C22H26NO4/c1-15(24)5-4-8-23-9-6-16(7-10-23)11-18-12-17-13-20(26-2)21(27-3)14-19(17)22(18)25/h6,9-11,13-14,18H,4-5,7-8,12H2,1-3H3/q+1. The van der Waals surface area contributed by atoms with Crippen LogP contribution in [0.25, 0.3) is 0 Å². The SMILES string of the molecule is COc1cc2c(cc1OC)C(=O)C(C=C1C=C[N+](CCCC(C)=O)=CC1)C2. The Morgan fingerprint density at radius 1 is 1.26 bits per heavy atom. The Morgan fingerprint density at radius 2 is 2.00 bits per heavy atom. The van der Waals surface area contributed by atoms with Crippen LogP contribution in [0.15, 0.2) is 36.1 Å². The first-order chi connectivity index (χ1) is 13.0. The van der Waals surface area contributed by atoms with Crippen LogP contribution >= 0.6 is 0 Å². The summed E-state index contributed by atoms with van der Waals surface area (Å²) >= 11 is 0. The Bertz CT molecular complexity index is 848. The molecule has 0 amide bonds. The highest BCUT2D eigenvalue weighted by Gasteiger charge is 2.31. The third-order valence-electron chi connectivity index (χ3n) is 5.05. The number of ether oxygens (including phenoxy) is 2. The van der Waals surface area contributed by atoms with Crippen molar-refractivity contribution >= 4 is 17.8 Å². The summed E-state index contributed by atoms with van der Waals surface area (Å²) in [5, 5.41) is 0. The predicted molar refractivity (Wildman–Crippen MR) is 104 cm³/mol. The number of methoxy groups -OCH3 is 2. The minimum Gasteiger partial charge on any atom is -0.493 e. The first kappa shape index (κ1) is 19.1. The summed E-state index contributed by atoms with van der Waals surface area (Å²) in [6.07, 6.45) is 11.2. The highest BCUT2D eigenvalue weighted by atomic mass is 16.5. The van der Waals surface area contributed by atoms with Crippen molar-refractivity contribution in [3.8, 4) is 11.5 Å². The number of rotatable bonds is 7. The Labute approximate surface area is 160 Å². The van der Waals surface area contributed by atoms with E-state index in [1.807, 2.05) is 12.3 Å². The number of carbonyl (C=O) groups is 2. The summed E-state index contributed by atoms with van der Waals surface area (Å²) in [6, 6.07) is 3.69. The van der Waals surface area contributed by atoms with Gasteiger partial charge in [0.2, 0.25) is 0 Å². The van der Waals surface area contributed by atoms with Gasteiger partial charge in [0.15, 0.2) is 23.5 Å². The highest BCUT2D eigenvalue weighted by molar-refractivity contribution is 6.04. The second-order valence-electron chi connectivity index (χ2n) is 7.03. The average Bonchev–Trinajstić information content (AvgIpc) is 2.96. The summed E-state index contributed by atoms with van der Waals surface area (Å²) in [6.45, 7) is 2.47. The minimum absolute atomic E-state index is 0.135. The van der Waals surface area contributed by atoms with E-state index in [4.69, 9.17) is 9.47 Å². The molecular weight excluding hydrogens is 342 g/mol. The molecule has 0 radical (unpaired) electrons. The van der Waals surface area contributed by atoms with Crippen LogP contribution in [0.5, 0.6) is 11.5 Å². The lowest BCUT2D eigenvalue weighted by Gasteiger charge is -2.09. The first-order valence-corrected chi connectivity index (χ1v) is 9.28. The number of nitrogens with zero attached hydrogens (tertiary/aromatic N) is 1. The molecule has 3 rings (SSSR count). The molecule has 1 aliphatic carbocycles. The van der Waals surface area contributed by atoms with Crippen molar-refractivity contribution in [2.24, 2.45) is 5.92 Å². The zero-order chi connectivity index (χ0) is 19.4. The molecule has 0 saturated heterocycles. The van der Waals surface area contributed by atoms with Gasteiger partial charge in [-0.3, -0.25) is 4.79 Å². The van der Waals surface area contributed by atoms with Gasteiger partial charge in [-0.1, -0.05) is 6.08 Å². The number of ketones is 2. The van der Waals surface area contributed by atoms with Crippen LogP contribution in [0.4, 0.5) is 0 Å². The van der Waals surface area contributed by atoms with Crippen molar-refractivity contribution in [1.29, 1.82) is 0 Å². The third-order valence-corrected chi connectivity index (χ3v) is 5.05. The van der Waals surface area contributed by atoms with Crippen LogP contribution in [0, 0.1) is 5.92 Å². The van der Waals surface area contributed by atoms with Gasteiger partial charge in [0.25, 0.3) is 0 Å². The van der Waals surface area contributed by atoms with Crippen molar-refractivity contribution in [1.82, 2.24) is 0 Å². The molecule has 0 spiro atoms. The number of carbonyl (C=O) groups excluding carboxylic acids is 2. The van der Waals surface area contributed by atoms with E-state index < -0.39 is 0 Å². The van der Waals surface area contributed by atoms with E-state index >= 15 is 0 Å². The minimum atomic E-state index is -0.144. The fourth-order valence-corrected chi connectivity index (χ4v) is 3.58. The van der Waals surface area contributed by atoms with E-state index in [0.717, 1.165) is 36.1 Å². The Balaban J connectivity index is 1.67. The molecule has 0 N–H and O–H groups in total. The van der Waals surface area contributed by atoms with E-state index in [1.165, 1.54) is 0 Å². The van der Waals surface area contributed by atoms with Crippen LogP contribution in [-0.4, -0.2) is 43.1 Å². The molecule has 27 heavy (non-hydrogen) atoms. The zero-order valence-corrected chi connectivity index (χ0v) is 16.2. The monoisotopic (exact) mass is 368 g/mol. The maximum Gasteiger partial charge on any atom is 0.170 e. The van der Waals surface area contributed by atoms with Crippen molar-refractivity contribution < 1.29 is 23.6 Å². The summed E-state index contributed by atoms with van der Waals surface area (Å²) in [5.74, 6) is 1.46. The molecule has 0 aromatic heterocycles. The molecule has 1 aromatic carbocycles. The van der Waals surface area contributed by atoms with Crippen molar-refractivity contribution in [3.63, 3.8) is 0 Å². The summed E-state index contributed by atoms with van der Waals surface area (Å²) in [5.41, 5.74) is 2.88. The maximum atomic E-state index is 12.8. The average molecular weight is 368 g/mol. The van der Waals surface area contributed by atoms with E-state index in [1.54, 1.807) is 27.2 Å². The lowest BCUT2D eigenvalue weighted by Crippen LogP contribution is -2.13. The topological polar surface area (TPSA) is 55.6 Å². The summed E-state index contributed by atoms with van der Waals surface area (Å²) in [7, 11) is 3.18. The number of hydrogen-bond acceptors (Lipinski definition) is 4. The highest BCUT2D eigenvalue weighted by Crippen LogP contribution is 2.37. The van der Waals surface area contributed by atoms with E-state index in [-0.39, 0.29) is 17.5 Å². The fourth-order valence-electron chi connectivity index (χ4n) is 3.58. The van der Waals surface area contributed by atoms with E-state index in [2.05, 4.69) is 22.9 Å². The van der Waals surface area contributed by atoms with Crippen molar-refractivity contribution in [2.45, 2.75) is 32.6 Å². The molecule has 2 aliphatic rings. The van der Waals surface area contributed by atoms with Crippen molar-refractivity contribution in [3.05, 3.63) is 47.2 Å². The quantitative estimate of drug-likeness (QED) is 0.693. The Morgan fingerprint density at radius 3 is 2.63 bits per heavy atom. The summed E-state index contributed by atoms with van der Waals surface area (Å²) in [4.78, 5) is 23.8. The lowest BCUT2D eigenvalue weighted by molar-refractivity contribution is -0.454. The number of Topliss-reactive ketones (excluding diaryl/α,β-unsaturated/α-hetero) is 2. The van der Waals surface area contributed by atoms with Crippen LogP contribution in [0.3, 0.4) is 0 Å². The number of allylic oxidation sites excluding steroid dienone is 3. The van der Waals surface area contributed by atoms with Crippen LogP contribution in [0.1, 0.15) is 42.1 Å². The van der Waals surface area contributed by atoms with Gasteiger partial charge in [-0.2, -0.15) is 0 Å². The number of fused-ring (bicyclic) bond motifs is 1.